The van der Waals surface area contributed by atoms with Crippen LogP contribution in [0.25, 0.3) is 33.4 Å². The van der Waals surface area contributed by atoms with Gasteiger partial charge in [0.2, 0.25) is 0 Å². The standard InChI is InChI=1S/C27H18/c1-3-7-21-17(6-1)15-24-23(21)12-11-19-14-20-10-9-18-13-16-5-2-4-8-22(16)25(18)27(20)26(19)24/h1-12H,13-15H2. The summed E-state index contributed by atoms with van der Waals surface area (Å²) in [7, 11) is 0. The van der Waals surface area contributed by atoms with Gasteiger partial charge in [0.15, 0.2) is 0 Å². The smallest absolute Gasteiger partial charge is 0.000718 e. The van der Waals surface area contributed by atoms with E-state index < -0.39 is 0 Å². The van der Waals surface area contributed by atoms with Crippen molar-refractivity contribution in [1.29, 1.82) is 0 Å². The Hall–Kier alpha value is -3.12. The molecule has 0 nitrogen and oxygen atoms in total. The molecule has 4 aromatic carbocycles. The fraction of sp³-hybridized carbons (Fsp3) is 0.111. The Morgan fingerprint density at radius 2 is 0.963 bits per heavy atom. The minimum atomic E-state index is 1.07. The molecule has 0 fully saturated rings. The van der Waals surface area contributed by atoms with Crippen molar-refractivity contribution in [3.8, 4) is 33.4 Å². The van der Waals surface area contributed by atoms with E-state index >= 15 is 0 Å². The van der Waals surface area contributed by atoms with Crippen LogP contribution in [0.5, 0.6) is 0 Å². The molecule has 0 saturated heterocycles. The summed E-state index contributed by atoms with van der Waals surface area (Å²) in [6.45, 7) is 0. The molecule has 7 rings (SSSR count). The highest BCUT2D eigenvalue weighted by atomic mass is 14.4. The molecule has 0 saturated carbocycles. The summed E-state index contributed by atoms with van der Waals surface area (Å²) in [5, 5.41) is 0. The monoisotopic (exact) mass is 342 g/mol. The lowest BCUT2D eigenvalue weighted by Gasteiger charge is -2.14. The number of benzene rings is 4. The first-order chi connectivity index (χ1) is 13.4. The second kappa shape index (κ2) is 4.78. The maximum absolute atomic E-state index is 2.38. The molecular weight excluding hydrogens is 324 g/mol. The summed E-state index contributed by atoms with van der Waals surface area (Å²) in [6.07, 6.45) is 3.21. The molecule has 0 unspecified atom stereocenters. The minimum absolute atomic E-state index is 1.07. The second-order valence-electron chi connectivity index (χ2n) is 8.10. The molecule has 3 aliphatic carbocycles. The molecule has 0 aromatic heterocycles. The van der Waals surface area contributed by atoms with E-state index in [4.69, 9.17) is 0 Å². The van der Waals surface area contributed by atoms with Crippen LogP contribution in [0, 0.1) is 0 Å². The van der Waals surface area contributed by atoms with Crippen LogP contribution in [-0.2, 0) is 19.3 Å². The zero-order chi connectivity index (χ0) is 17.5. The van der Waals surface area contributed by atoms with Gasteiger partial charge in [-0.05, 0) is 86.0 Å². The Morgan fingerprint density at radius 1 is 0.370 bits per heavy atom. The summed E-state index contributed by atoms with van der Waals surface area (Å²) >= 11 is 0. The van der Waals surface area contributed by atoms with E-state index in [1.807, 2.05) is 0 Å². The first-order valence-electron chi connectivity index (χ1n) is 9.85. The van der Waals surface area contributed by atoms with Crippen molar-refractivity contribution in [3.63, 3.8) is 0 Å². The predicted octanol–water partition coefficient (Wildman–Crippen LogP) is 6.40. The van der Waals surface area contributed by atoms with Gasteiger partial charge in [-0.1, -0.05) is 72.8 Å². The quantitative estimate of drug-likeness (QED) is 0.299. The van der Waals surface area contributed by atoms with Gasteiger partial charge < -0.3 is 0 Å². The molecule has 0 atom stereocenters. The van der Waals surface area contributed by atoms with E-state index in [1.165, 1.54) is 61.2 Å². The normalized spacial score (nSPS) is 14.2. The predicted molar refractivity (Wildman–Crippen MR) is 111 cm³/mol. The Balaban J connectivity index is 1.56. The van der Waals surface area contributed by atoms with Crippen molar-refractivity contribution in [1.82, 2.24) is 0 Å². The van der Waals surface area contributed by atoms with Gasteiger partial charge in [0.1, 0.15) is 0 Å². The van der Waals surface area contributed by atoms with Gasteiger partial charge in [-0.15, -0.1) is 0 Å². The molecular formula is C27H18. The molecule has 0 amide bonds. The first kappa shape index (κ1) is 14.0. The molecule has 126 valence electrons. The third-order valence-electron chi connectivity index (χ3n) is 6.75. The van der Waals surface area contributed by atoms with Crippen LogP contribution in [0.4, 0.5) is 0 Å². The van der Waals surface area contributed by atoms with Crippen LogP contribution in [-0.4, -0.2) is 0 Å². The molecule has 3 aliphatic rings. The number of rotatable bonds is 0. The van der Waals surface area contributed by atoms with Crippen molar-refractivity contribution in [3.05, 3.63) is 106 Å². The Morgan fingerprint density at radius 3 is 1.81 bits per heavy atom. The van der Waals surface area contributed by atoms with E-state index in [1.54, 1.807) is 5.56 Å². The number of fused-ring (bicyclic) bond motifs is 11. The SMILES string of the molecule is c1ccc2c(c1)Cc1c-2ccc2c1-c1c(ccc3c1-c1ccccc1C3)C2. The molecule has 0 aliphatic heterocycles. The van der Waals surface area contributed by atoms with Crippen molar-refractivity contribution in [2.75, 3.05) is 0 Å². The molecule has 0 bridgehead atoms. The topological polar surface area (TPSA) is 0 Å². The van der Waals surface area contributed by atoms with Crippen molar-refractivity contribution >= 4 is 0 Å². The van der Waals surface area contributed by atoms with Crippen molar-refractivity contribution in [2.45, 2.75) is 19.3 Å². The second-order valence-corrected chi connectivity index (χ2v) is 8.10. The van der Waals surface area contributed by atoms with Crippen LogP contribution in [0.3, 0.4) is 0 Å². The van der Waals surface area contributed by atoms with Crippen molar-refractivity contribution < 1.29 is 0 Å². The molecule has 0 heteroatoms. The zero-order valence-corrected chi connectivity index (χ0v) is 15.0. The summed E-state index contributed by atoms with van der Waals surface area (Å²) in [6, 6.07) is 27.4. The van der Waals surface area contributed by atoms with Crippen LogP contribution in [0.15, 0.2) is 72.8 Å². The fourth-order valence-corrected chi connectivity index (χ4v) is 5.62. The highest BCUT2D eigenvalue weighted by Crippen LogP contribution is 2.53. The van der Waals surface area contributed by atoms with Gasteiger partial charge >= 0.3 is 0 Å². The summed E-state index contributed by atoms with van der Waals surface area (Å²) in [4.78, 5) is 0. The van der Waals surface area contributed by atoms with Gasteiger partial charge in [-0.2, -0.15) is 0 Å². The van der Waals surface area contributed by atoms with Gasteiger partial charge in [-0.3, -0.25) is 0 Å². The third-order valence-corrected chi connectivity index (χ3v) is 6.75. The lowest BCUT2D eigenvalue weighted by molar-refractivity contribution is 1.23. The molecule has 0 heterocycles. The van der Waals surface area contributed by atoms with Gasteiger partial charge in [0.25, 0.3) is 0 Å². The van der Waals surface area contributed by atoms with Crippen LogP contribution < -0.4 is 0 Å². The van der Waals surface area contributed by atoms with E-state index in [2.05, 4.69) is 72.8 Å². The van der Waals surface area contributed by atoms with Gasteiger partial charge in [0.05, 0.1) is 0 Å². The fourth-order valence-electron chi connectivity index (χ4n) is 5.62. The average Bonchev–Trinajstić information content (AvgIpc) is 3.37. The minimum Gasteiger partial charge on any atom is -0.0619 e. The van der Waals surface area contributed by atoms with E-state index in [-0.39, 0.29) is 0 Å². The third kappa shape index (κ3) is 1.69. The maximum atomic E-state index is 2.38. The van der Waals surface area contributed by atoms with Gasteiger partial charge in [-0.25, -0.2) is 0 Å². The maximum Gasteiger partial charge on any atom is -0.000718 e. The average molecular weight is 342 g/mol. The van der Waals surface area contributed by atoms with E-state index in [0.717, 1.165) is 19.3 Å². The zero-order valence-electron chi connectivity index (χ0n) is 15.0. The van der Waals surface area contributed by atoms with Crippen molar-refractivity contribution in [2.24, 2.45) is 0 Å². The van der Waals surface area contributed by atoms with Gasteiger partial charge in [0, 0.05) is 0 Å². The van der Waals surface area contributed by atoms with E-state index in [9.17, 15) is 0 Å². The van der Waals surface area contributed by atoms with Crippen LogP contribution >= 0.6 is 0 Å². The summed E-state index contributed by atoms with van der Waals surface area (Å²) in [5.41, 5.74) is 17.9. The highest BCUT2D eigenvalue weighted by Gasteiger charge is 2.32. The molecule has 0 spiro atoms. The lowest BCUT2D eigenvalue weighted by Crippen LogP contribution is -1.91. The van der Waals surface area contributed by atoms with Crippen LogP contribution in [0.2, 0.25) is 0 Å². The number of hydrogen-bond acceptors (Lipinski definition) is 0. The molecule has 0 N–H and O–H groups in total. The first-order valence-corrected chi connectivity index (χ1v) is 9.85. The Bertz CT molecular complexity index is 1290. The highest BCUT2D eigenvalue weighted by molar-refractivity contribution is 5.99. The van der Waals surface area contributed by atoms with E-state index in [0.29, 0.717) is 0 Å². The summed E-state index contributed by atoms with van der Waals surface area (Å²) in [5.74, 6) is 0. The molecule has 4 aromatic rings. The van der Waals surface area contributed by atoms with Crippen LogP contribution in [0.1, 0.15) is 33.4 Å². The largest absolute Gasteiger partial charge is 0.0619 e. The lowest BCUT2D eigenvalue weighted by atomic mass is 9.90. The Labute approximate surface area is 159 Å². The Kier molecular flexibility index (Phi) is 2.48. The molecule has 0 radical (unpaired) electrons. The summed E-state index contributed by atoms with van der Waals surface area (Å²) < 4.78 is 0. The molecule has 27 heavy (non-hydrogen) atoms. The number of hydrogen-bond donors (Lipinski definition) is 0.